The number of hydrogen-bond donors (Lipinski definition) is 0. The molecule has 0 saturated carbocycles. The Morgan fingerprint density at radius 2 is 2.47 bits per heavy atom. The number of fused-ring (bicyclic) bond motifs is 1. The molecule has 2 rings (SSSR count). The molecule has 0 aromatic carbocycles. The minimum atomic E-state index is -3.70. The van der Waals surface area contributed by atoms with Crippen LogP contribution in [0.3, 0.4) is 0 Å². The number of nitrogens with zero attached hydrogens (tertiary/aromatic N) is 5. The van der Waals surface area contributed by atoms with Crippen LogP contribution in [-0.2, 0) is 0 Å². The molecule has 2 heterocycles. The molecule has 0 bridgehead atoms. The summed E-state index contributed by atoms with van der Waals surface area (Å²) in [5, 5.41) is 3.61. The highest BCUT2D eigenvalue weighted by atomic mass is 15.4. The highest BCUT2D eigenvalue weighted by molar-refractivity contribution is 5.46. The first-order chi connectivity index (χ1) is 12.7. The van der Waals surface area contributed by atoms with Crippen molar-refractivity contribution in [3.8, 4) is 0 Å². The molecule has 0 saturated heterocycles. The molecular weight excluding hydrogens is 190 g/mol. The summed E-state index contributed by atoms with van der Waals surface area (Å²) in [6.45, 7) is -17.7. The predicted octanol–water partition coefficient (Wildman–Crippen LogP) is 1.28. The van der Waals surface area contributed by atoms with Crippen molar-refractivity contribution >= 4 is 11.6 Å². The van der Waals surface area contributed by atoms with Crippen molar-refractivity contribution in [3.05, 3.63) is 18.1 Å². The first-order valence-electron chi connectivity index (χ1n) is 10.8. The average molecular weight is 219 g/mol. The molecule has 0 spiro atoms. The van der Waals surface area contributed by atoms with Crippen LogP contribution in [0.15, 0.2) is 12.4 Å². The van der Waals surface area contributed by atoms with Gasteiger partial charge < -0.3 is 4.90 Å². The van der Waals surface area contributed by atoms with E-state index in [1.165, 1.54) is 0 Å². The Morgan fingerprint density at radius 3 is 3.20 bits per heavy atom. The highest BCUT2D eigenvalue weighted by Crippen LogP contribution is 2.14. The third-order valence-corrected chi connectivity index (χ3v) is 1.61. The van der Waals surface area contributed by atoms with Crippen LogP contribution < -0.4 is 4.90 Å². The summed E-state index contributed by atoms with van der Waals surface area (Å²) in [6.07, 6.45) is 0.822. The highest BCUT2D eigenvalue weighted by Gasteiger charge is 2.09. The Kier molecular flexibility index (Phi) is 0.649. The van der Waals surface area contributed by atoms with Crippen LogP contribution in [0.2, 0.25) is 0 Å². The maximum atomic E-state index is 8.17. The maximum Gasteiger partial charge on any atom is 0.254 e. The van der Waals surface area contributed by atoms with Gasteiger partial charge in [0.25, 0.3) is 5.78 Å². The summed E-state index contributed by atoms with van der Waals surface area (Å²) < 4.78 is 108. The number of aryl methyl sites for hydroxylation is 1. The zero-order valence-corrected chi connectivity index (χ0v) is 7.31. The van der Waals surface area contributed by atoms with Gasteiger partial charge in [-0.05, 0) is 20.6 Å². The molecule has 0 radical (unpaired) electrons. The molecule has 0 amide bonds. The number of rotatable bonds is 3. The summed E-state index contributed by atoms with van der Waals surface area (Å²) in [5.41, 5.74) is -0.958. The molecule has 80 valence electrons. The molecule has 2 aromatic heterocycles. The van der Waals surface area contributed by atoms with Crippen molar-refractivity contribution in [2.75, 3.05) is 17.9 Å². The lowest BCUT2D eigenvalue weighted by Gasteiger charge is -2.21. The number of hydrogen-bond acceptors (Lipinski definition) is 4. The summed E-state index contributed by atoms with van der Waals surface area (Å²) in [6, 6.07) is -1.12. The van der Waals surface area contributed by atoms with E-state index in [0.717, 1.165) is 6.33 Å². The molecule has 0 atom stereocenters. The largest absolute Gasteiger partial charge is 0.357 e. The molecule has 2 aromatic rings. The van der Waals surface area contributed by atoms with Crippen LogP contribution in [0.4, 0.5) is 5.82 Å². The quantitative estimate of drug-likeness (QED) is 0.780. The first kappa shape index (κ1) is 2.53. The van der Waals surface area contributed by atoms with Crippen molar-refractivity contribution in [1.82, 2.24) is 19.6 Å². The SMILES string of the molecule is [2H]c1c(C([2H])([2H])[2H])nc2ncnn2c1N(C([2H])([2H])C([2H])([2H])[2H])C([2H])([2H])C([2H])([2H])[2H]. The standard InChI is InChI=1S/C10H15N5/c1-4-14(5-2)9-6-8(3)13-10-11-7-12-15(9)10/h6-7H,4-5H2,1-3H3/i1D3,2D3,3D3,4D2,5D2,6D. The zero-order valence-electron chi connectivity index (χ0n) is 21.3. The van der Waals surface area contributed by atoms with Gasteiger partial charge >= 0.3 is 0 Å². The summed E-state index contributed by atoms with van der Waals surface area (Å²) >= 11 is 0. The van der Waals surface area contributed by atoms with Gasteiger partial charge in [0, 0.05) is 42.5 Å². The molecule has 0 aliphatic carbocycles. The lowest BCUT2D eigenvalue weighted by Crippen LogP contribution is -2.25. The molecule has 15 heavy (non-hydrogen) atoms. The molecule has 0 aliphatic rings. The van der Waals surface area contributed by atoms with E-state index in [9.17, 15) is 0 Å². The zero-order chi connectivity index (χ0) is 22.8. The van der Waals surface area contributed by atoms with Crippen molar-refractivity contribution in [2.24, 2.45) is 0 Å². The van der Waals surface area contributed by atoms with Gasteiger partial charge in [-0.25, -0.2) is 4.98 Å². The average Bonchev–Trinajstić information content (AvgIpc) is 2.93. The molecule has 0 N–H and O–H groups in total. The second kappa shape index (κ2) is 3.84. The summed E-state index contributed by atoms with van der Waals surface area (Å²) in [4.78, 5) is 6.94. The van der Waals surface area contributed by atoms with Crippen molar-refractivity contribution in [2.45, 2.75) is 20.6 Å². The fourth-order valence-corrected chi connectivity index (χ4v) is 1.03. The maximum absolute atomic E-state index is 8.17. The monoisotopic (exact) mass is 219 g/mol. The van der Waals surface area contributed by atoms with Gasteiger partial charge in [0.05, 0.1) is 1.37 Å². The second-order valence-corrected chi connectivity index (χ2v) is 2.44. The Hall–Kier alpha value is -1.65. The Morgan fingerprint density at radius 1 is 1.60 bits per heavy atom. The van der Waals surface area contributed by atoms with E-state index >= 15 is 0 Å². The van der Waals surface area contributed by atoms with Gasteiger partial charge in [0.15, 0.2) is 0 Å². The van der Waals surface area contributed by atoms with Gasteiger partial charge in [-0.3, -0.25) is 0 Å². The summed E-state index contributed by atoms with van der Waals surface area (Å²) in [5.74, 6) is -1.59. The van der Waals surface area contributed by atoms with Crippen molar-refractivity contribution < 1.29 is 19.2 Å². The van der Waals surface area contributed by atoms with E-state index in [1.807, 2.05) is 0 Å². The minimum absolute atomic E-state index is 0.305. The van der Waals surface area contributed by atoms with E-state index in [4.69, 9.17) is 19.2 Å². The molecular formula is C10H15N5. The van der Waals surface area contributed by atoms with E-state index in [-0.39, 0.29) is 4.90 Å². The Bertz CT molecular complexity index is 880. The normalized spacial score (nSPS) is 29.1. The number of aromatic nitrogens is 4. The van der Waals surface area contributed by atoms with Crippen LogP contribution in [0.25, 0.3) is 5.78 Å². The fourth-order valence-electron chi connectivity index (χ4n) is 1.03. The van der Waals surface area contributed by atoms with Gasteiger partial charge in [-0.2, -0.15) is 14.6 Å². The molecule has 0 aliphatic heterocycles. The van der Waals surface area contributed by atoms with Crippen LogP contribution in [0.5, 0.6) is 0 Å². The molecule has 0 unspecified atom stereocenters. The first-order valence-corrected chi connectivity index (χ1v) is 3.76. The van der Waals surface area contributed by atoms with Crippen molar-refractivity contribution in [3.63, 3.8) is 0 Å². The third-order valence-electron chi connectivity index (χ3n) is 1.61. The van der Waals surface area contributed by atoms with Gasteiger partial charge in [0.1, 0.15) is 12.1 Å². The van der Waals surface area contributed by atoms with E-state index in [2.05, 4.69) is 15.1 Å². The fraction of sp³-hybridized carbons (Fsp3) is 0.500. The van der Waals surface area contributed by atoms with Crippen LogP contribution in [0, 0.1) is 6.85 Å². The van der Waals surface area contributed by atoms with Crippen molar-refractivity contribution in [1.29, 1.82) is 0 Å². The summed E-state index contributed by atoms with van der Waals surface area (Å²) in [7, 11) is 0. The topological polar surface area (TPSA) is 46.3 Å². The van der Waals surface area contributed by atoms with Gasteiger partial charge in [0.2, 0.25) is 0 Å². The third kappa shape index (κ3) is 1.65. The van der Waals surface area contributed by atoms with Crippen LogP contribution in [0.1, 0.15) is 38.6 Å². The lowest BCUT2D eigenvalue weighted by molar-refractivity contribution is 0.796. The Labute approximate surface area is 108 Å². The van der Waals surface area contributed by atoms with Crippen LogP contribution >= 0.6 is 0 Å². The van der Waals surface area contributed by atoms with E-state index in [1.54, 1.807) is 0 Å². The molecule has 5 nitrogen and oxygen atoms in total. The van der Waals surface area contributed by atoms with Gasteiger partial charge in [-0.15, -0.1) is 0 Å². The lowest BCUT2D eigenvalue weighted by atomic mass is 10.4. The van der Waals surface area contributed by atoms with E-state index in [0.29, 0.717) is 4.52 Å². The van der Waals surface area contributed by atoms with E-state index < -0.39 is 56.9 Å². The minimum Gasteiger partial charge on any atom is -0.357 e. The molecule has 5 heteroatoms. The number of anilines is 1. The Balaban J connectivity index is 3.06. The van der Waals surface area contributed by atoms with Gasteiger partial charge in [-0.1, -0.05) is 0 Å². The van der Waals surface area contributed by atoms with Crippen LogP contribution in [-0.4, -0.2) is 32.6 Å². The second-order valence-electron chi connectivity index (χ2n) is 2.44. The smallest absolute Gasteiger partial charge is 0.254 e. The molecule has 0 fully saturated rings. The predicted molar refractivity (Wildman–Crippen MR) is 59.1 cm³/mol.